The maximum absolute atomic E-state index is 11.7. The first-order chi connectivity index (χ1) is 9.09. The average molecular weight is 281 g/mol. The first-order valence-electron chi connectivity index (χ1n) is 6.08. The molecule has 0 aromatic heterocycles. The summed E-state index contributed by atoms with van der Waals surface area (Å²) < 4.78 is 21.2. The van der Waals surface area contributed by atoms with Gasteiger partial charge in [-0.2, -0.15) is 0 Å². The van der Waals surface area contributed by atoms with Gasteiger partial charge in [-0.25, -0.2) is 9.65 Å². The molecule has 0 saturated carbocycles. The van der Waals surface area contributed by atoms with Crippen LogP contribution in [0.4, 0.5) is 0 Å². The van der Waals surface area contributed by atoms with Gasteiger partial charge < -0.3 is 9.05 Å². The molecule has 1 aromatic carbocycles. The van der Waals surface area contributed by atoms with E-state index in [-0.39, 0.29) is 12.5 Å². The molecule has 104 valence electrons. The highest BCUT2D eigenvalue weighted by Crippen LogP contribution is 2.40. The molecule has 1 N–H and O–H groups in total. The van der Waals surface area contributed by atoms with Gasteiger partial charge in [-0.15, -0.1) is 0 Å². The van der Waals surface area contributed by atoms with E-state index in [9.17, 15) is 4.57 Å². The molecule has 19 heavy (non-hydrogen) atoms. The standard InChI is InChI=1S/C14H20NO3P/c1-13(12-14-9-5-4-6-10-14)8-7-11-15-19(16,17-2)18-3/h4-6,9-10,13H,11-12H2,1-3H3,(H,15,16). The lowest BCUT2D eigenvalue weighted by atomic mass is 10.0. The molecule has 0 radical (unpaired) electrons. The molecule has 1 atom stereocenters. The van der Waals surface area contributed by atoms with Gasteiger partial charge in [0.15, 0.2) is 0 Å². The Bertz CT molecular complexity index is 470. The molecule has 0 amide bonds. The van der Waals surface area contributed by atoms with Gasteiger partial charge >= 0.3 is 7.75 Å². The fourth-order valence-corrected chi connectivity index (χ4v) is 2.26. The maximum Gasteiger partial charge on any atom is 0.405 e. The molecule has 4 nitrogen and oxygen atoms in total. The van der Waals surface area contributed by atoms with Gasteiger partial charge in [0.2, 0.25) is 0 Å². The molecule has 1 unspecified atom stereocenters. The Morgan fingerprint density at radius 2 is 1.89 bits per heavy atom. The summed E-state index contributed by atoms with van der Waals surface area (Å²) in [5.41, 5.74) is 1.26. The van der Waals surface area contributed by atoms with Crippen LogP contribution in [-0.4, -0.2) is 20.8 Å². The van der Waals surface area contributed by atoms with Crippen LogP contribution >= 0.6 is 7.75 Å². The third-order valence-corrected chi connectivity index (χ3v) is 4.08. The molecule has 5 heteroatoms. The predicted octanol–water partition coefficient (Wildman–Crippen LogP) is 2.86. The van der Waals surface area contributed by atoms with Crippen molar-refractivity contribution in [3.63, 3.8) is 0 Å². The Morgan fingerprint density at radius 3 is 2.47 bits per heavy atom. The van der Waals surface area contributed by atoms with Gasteiger partial charge in [-0.05, 0) is 12.0 Å². The van der Waals surface area contributed by atoms with Crippen LogP contribution in [-0.2, 0) is 20.0 Å². The lowest BCUT2D eigenvalue weighted by Gasteiger charge is -2.12. The Kier molecular flexibility index (Phi) is 6.83. The fraction of sp³-hybridized carbons (Fsp3) is 0.429. The minimum absolute atomic E-state index is 0.244. The largest absolute Gasteiger partial charge is 0.405 e. The third-order valence-electron chi connectivity index (χ3n) is 2.57. The second-order valence-electron chi connectivity index (χ2n) is 4.11. The smallest absolute Gasteiger partial charge is 0.300 e. The average Bonchev–Trinajstić information content (AvgIpc) is 2.44. The number of rotatable bonds is 6. The molecular weight excluding hydrogens is 261 g/mol. The quantitative estimate of drug-likeness (QED) is 0.643. The van der Waals surface area contributed by atoms with Crippen LogP contribution in [0.3, 0.4) is 0 Å². The number of hydrogen-bond acceptors (Lipinski definition) is 3. The van der Waals surface area contributed by atoms with E-state index in [1.807, 2.05) is 18.2 Å². The van der Waals surface area contributed by atoms with Gasteiger partial charge in [-0.1, -0.05) is 49.1 Å². The van der Waals surface area contributed by atoms with Crippen molar-refractivity contribution in [1.82, 2.24) is 5.09 Å². The summed E-state index contributed by atoms with van der Waals surface area (Å²) in [7, 11) is -0.488. The van der Waals surface area contributed by atoms with Crippen LogP contribution in [0.2, 0.25) is 0 Å². The first-order valence-corrected chi connectivity index (χ1v) is 7.63. The highest BCUT2D eigenvalue weighted by atomic mass is 31.2. The Balaban J connectivity index is 2.40. The minimum Gasteiger partial charge on any atom is -0.300 e. The maximum atomic E-state index is 11.7. The highest BCUT2D eigenvalue weighted by Gasteiger charge is 2.18. The number of nitrogens with one attached hydrogen (secondary N) is 1. The summed E-state index contributed by atoms with van der Waals surface area (Å²) in [5.74, 6) is 6.29. The zero-order chi connectivity index (χ0) is 14.1. The van der Waals surface area contributed by atoms with Crippen molar-refractivity contribution in [2.75, 3.05) is 20.8 Å². The second kappa shape index (κ2) is 8.14. The lowest BCUT2D eigenvalue weighted by Crippen LogP contribution is -2.13. The van der Waals surface area contributed by atoms with Crippen molar-refractivity contribution in [3.8, 4) is 11.8 Å². The van der Waals surface area contributed by atoms with E-state index >= 15 is 0 Å². The van der Waals surface area contributed by atoms with E-state index in [4.69, 9.17) is 9.05 Å². The van der Waals surface area contributed by atoms with Gasteiger partial charge in [-0.3, -0.25) is 0 Å². The van der Waals surface area contributed by atoms with E-state index in [1.165, 1.54) is 19.8 Å². The minimum atomic E-state index is -3.16. The summed E-state index contributed by atoms with van der Waals surface area (Å²) in [4.78, 5) is 0. The van der Waals surface area contributed by atoms with E-state index in [0.29, 0.717) is 0 Å². The van der Waals surface area contributed by atoms with E-state index in [2.05, 4.69) is 36.0 Å². The fourth-order valence-electron chi connectivity index (χ4n) is 1.58. The Morgan fingerprint density at radius 1 is 1.26 bits per heavy atom. The Hall–Kier alpha value is -1.11. The van der Waals surface area contributed by atoms with Gasteiger partial charge in [0.1, 0.15) is 0 Å². The zero-order valence-corrected chi connectivity index (χ0v) is 12.4. The summed E-state index contributed by atoms with van der Waals surface area (Å²) in [6.07, 6.45) is 0.903. The zero-order valence-electron chi connectivity index (χ0n) is 11.6. The lowest BCUT2D eigenvalue weighted by molar-refractivity contribution is 0.266. The molecule has 0 heterocycles. The van der Waals surface area contributed by atoms with Gasteiger partial charge in [0.05, 0.1) is 6.54 Å². The summed E-state index contributed by atoms with van der Waals surface area (Å²) in [5, 5.41) is 2.65. The van der Waals surface area contributed by atoms with Crippen LogP contribution in [0.25, 0.3) is 0 Å². The van der Waals surface area contributed by atoms with Gasteiger partial charge in [0.25, 0.3) is 0 Å². The molecule has 0 saturated heterocycles. The molecule has 0 bridgehead atoms. The molecular formula is C14H20NO3P. The van der Waals surface area contributed by atoms with E-state index in [0.717, 1.165) is 6.42 Å². The molecule has 0 aliphatic heterocycles. The van der Waals surface area contributed by atoms with Crippen LogP contribution < -0.4 is 5.09 Å². The number of benzene rings is 1. The van der Waals surface area contributed by atoms with E-state index < -0.39 is 7.75 Å². The molecule has 0 aliphatic carbocycles. The summed E-state index contributed by atoms with van der Waals surface area (Å²) in [6, 6.07) is 10.2. The van der Waals surface area contributed by atoms with Gasteiger partial charge in [0, 0.05) is 20.1 Å². The topological polar surface area (TPSA) is 47.6 Å². The van der Waals surface area contributed by atoms with Crippen molar-refractivity contribution in [2.45, 2.75) is 13.3 Å². The van der Waals surface area contributed by atoms with Crippen LogP contribution in [0.5, 0.6) is 0 Å². The molecule has 1 rings (SSSR count). The Labute approximate surface area is 115 Å². The molecule has 1 aromatic rings. The van der Waals surface area contributed by atoms with Crippen LogP contribution in [0.1, 0.15) is 12.5 Å². The molecule has 0 fully saturated rings. The van der Waals surface area contributed by atoms with Crippen LogP contribution in [0.15, 0.2) is 30.3 Å². The molecule has 0 aliphatic rings. The number of hydrogen-bond donors (Lipinski definition) is 1. The summed E-state index contributed by atoms with van der Waals surface area (Å²) >= 11 is 0. The third kappa shape index (κ3) is 6.04. The van der Waals surface area contributed by atoms with Crippen molar-refractivity contribution in [3.05, 3.63) is 35.9 Å². The normalized spacial score (nSPS) is 12.6. The van der Waals surface area contributed by atoms with Crippen LogP contribution in [0, 0.1) is 17.8 Å². The predicted molar refractivity (Wildman–Crippen MR) is 76.7 cm³/mol. The van der Waals surface area contributed by atoms with Crippen molar-refractivity contribution < 1.29 is 13.6 Å². The van der Waals surface area contributed by atoms with Crippen molar-refractivity contribution in [2.24, 2.45) is 5.92 Å². The SMILES string of the molecule is COP(=O)(NCC#CC(C)Cc1ccccc1)OC. The first kappa shape index (κ1) is 15.9. The second-order valence-corrected chi connectivity index (χ2v) is 6.15. The van der Waals surface area contributed by atoms with Crippen molar-refractivity contribution in [1.29, 1.82) is 0 Å². The summed E-state index contributed by atoms with van der Waals surface area (Å²) in [6.45, 7) is 2.34. The monoisotopic (exact) mass is 281 g/mol. The van der Waals surface area contributed by atoms with E-state index in [1.54, 1.807) is 0 Å². The van der Waals surface area contributed by atoms with Crippen molar-refractivity contribution >= 4 is 7.75 Å². The highest BCUT2D eigenvalue weighted by molar-refractivity contribution is 7.51. The molecule has 0 spiro atoms.